The molecule has 0 N–H and O–H groups in total. The third kappa shape index (κ3) is 2.18. The average molecular weight is 146 g/mol. The molecule has 0 aromatic heterocycles. The summed E-state index contributed by atoms with van der Waals surface area (Å²) in [6, 6.07) is 0. The molecule has 0 aliphatic carbocycles. The molecule has 54 valence electrons. The summed E-state index contributed by atoms with van der Waals surface area (Å²) in [6.45, 7) is 7.56. The zero-order chi connectivity index (χ0) is 6.91. The van der Waals surface area contributed by atoms with Gasteiger partial charge in [0.05, 0.1) is 6.61 Å². The van der Waals surface area contributed by atoms with Gasteiger partial charge in [0.25, 0.3) is 0 Å². The van der Waals surface area contributed by atoms with Gasteiger partial charge in [-0.3, -0.25) is 0 Å². The first kappa shape index (κ1) is 7.42. The van der Waals surface area contributed by atoms with Crippen LogP contribution < -0.4 is 0 Å². The first-order valence-electron chi connectivity index (χ1n) is 3.48. The molecular weight excluding hydrogens is 132 g/mol. The maximum atomic E-state index is 5.23. The quantitative estimate of drug-likeness (QED) is 0.566. The highest BCUT2D eigenvalue weighted by molar-refractivity contribution is 8.01. The molecule has 0 bridgehead atoms. The second kappa shape index (κ2) is 2.51. The van der Waals surface area contributed by atoms with E-state index in [2.05, 4.69) is 20.8 Å². The molecule has 1 nitrogen and oxygen atoms in total. The largest absolute Gasteiger partial charge is 0.358 e. The van der Waals surface area contributed by atoms with Crippen LogP contribution in [0.4, 0.5) is 0 Å². The van der Waals surface area contributed by atoms with Crippen molar-refractivity contribution in [2.75, 3.05) is 6.61 Å². The van der Waals surface area contributed by atoms with E-state index in [9.17, 15) is 0 Å². The Balaban J connectivity index is 2.17. The van der Waals surface area contributed by atoms with Crippen LogP contribution in [-0.4, -0.2) is 16.8 Å². The molecule has 0 amide bonds. The molecule has 2 unspecified atom stereocenters. The van der Waals surface area contributed by atoms with Crippen LogP contribution in [0.2, 0.25) is 0 Å². The van der Waals surface area contributed by atoms with E-state index in [1.807, 2.05) is 11.8 Å². The second-order valence-electron chi connectivity index (χ2n) is 2.76. The van der Waals surface area contributed by atoms with Crippen molar-refractivity contribution < 1.29 is 4.74 Å². The number of hydrogen-bond acceptors (Lipinski definition) is 2. The minimum absolute atomic E-state index is 0.190. The van der Waals surface area contributed by atoms with Gasteiger partial charge in [-0.05, 0) is 13.3 Å². The van der Waals surface area contributed by atoms with Crippen molar-refractivity contribution in [1.82, 2.24) is 0 Å². The Morgan fingerprint density at radius 1 is 1.78 bits per heavy atom. The van der Waals surface area contributed by atoms with Crippen molar-refractivity contribution in [1.29, 1.82) is 0 Å². The molecule has 1 fully saturated rings. The Morgan fingerprint density at radius 3 is 2.67 bits per heavy atom. The van der Waals surface area contributed by atoms with Gasteiger partial charge in [0.1, 0.15) is 4.93 Å². The molecule has 0 saturated carbocycles. The number of ether oxygens (including phenoxy) is 1. The fourth-order valence-electron chi connectivity index (χ4n) is 0.679. The van der Waals surface area contributed by atoms with E-state index in [1.54, 1.807) is 0 Å². The lowest BCUT2D eigenvalue weighted by atomic mass is 10.4. The fraction of sp³-hybridized carbons (Fsp3) is 1.00. The summed E-state index contributed by atoms with van der Waals surface area (Å²) in [5.41, 5.74) is 0. The van der Waals surface area contributed by atoms with Gasteiger partial charge >= 0.3 is 0 Å². The number of thioether (sulfide) groups is 1. The number of hydrogen-bond donors (Lipinski definition) is 0. The van der Waals surface area contributed by atoms with Crippen molar-refractivity contribution >= 4 is 11.8 Å². The molecule has 1 rings (SSSR count). The highest BCUT2D eigenvalue weighted by atomic mass is 32.2. The van der Waals surface area contributed by atoms with E-state index < -0.39 is 0 Å². The van der Waals surface area contributed by atoms with Gasteiger partial charge in [-0.25, -0.2) is 0 Å². The summed E-state index contributed by atoms with van der Waals surface area (Å²) in [5.74, 6) is 0. The summed E-state index contributed by atoms with van der Waals surface area (Å²) < 4.78 is 5.23. The van der Waals surface area contributed by atoms with E-state index in [1.165, 1.54) is 6.42 Å². The van der Waals surface area contributed by atoms with Crippen LogP contribution >= 0.6 is 11.8 Å². The normalized spacial score (nSPS) is 36.3. The van der Waals surface area contributed by atoms with Gasteiger partial charge in [0.2, 0.25) is 0 Å². The smallest absolute Gasteiger partial charge is 0.134 e. The average Bonchev–Trinajstić information content (AvgIpc) is 2.48. The summed E-state index contributed by atoms with van der Waals surface area (Å²) in [7, 11) is 0. The molecule has 0 aromatic rings. The van der Waals surface area contributed by atoms with Gasteiger partial charge in [-0.15, -0.1) is 11.8 Å². The topological polar surface area (TPSA) is 12.5 Å². The van der Waals surface area contributed by atoms with Crippen LogP contribution in [-0.2, 0) is 4.74 Å². The molecule has 0 aromatic carbocycles. The molecule has 1 saturated heterocycles. The predicted molar refractivity (Wildman–Crippen MR) is 41.7 cm³/mol. The lowest BCUT2D eigenvalue weighted by Gasteiger charge is -2.09. The molecule has 2 atom stereocenters. The monoisotopic (exact) mass is 146 g/mol. The van der Waals surface area contributed by atoms with E-state index >= 15 is 0 Å². The van der Waals surface area contributed by atoms with E-state index in [0.29, 0.717) is 0 Å². The predicted octanol–water partition coefficient (Wildman–Crippen LogP) is 2.26. The zero-order valence-electron chi connectivity index (χ0n) is 6.31. The Hall–Kier alpha value is 0.310. The minimum atomic E-state index is 0.190. The van der Waals surface area contributed by atoms with Crippen LogP contribution in [0, 0.1) is 0 Å². The van der Waals surface area contributed by atoms with Gasteiger partial charge in [0, 0.05) is 5.25 Å². The lowest BCUT2D eigenvalue weighted by Crippen LogP contribution is -2.04. The third-order valence-corrected chi connectivity index (χ3v) is 3.05. The van der Waals surface area contributed by atoms with Crippen LogP contribution in [0.1, 0.15) is 27.2 Å². The van der Waals surface area contributed by atoms with E-state index in [-0.39, 0.29) is 4.93 Å². The van der Waals surface area contributed by atoms with Crippen LogP contribution in [0.15, 0.2) is 0 Å². The Bertz CT molecular complexity index is 99.1. The highest BCUT2D eigenvalue weighted by Gasteiger charge is 2.40. The molecular formula is C7H14OS. The Kier molecular flexibility index (Phi) is 2.07. The van der Waals surface area contributed by atoms with E-state index in [4.69, 9.17) is 4.74 Å². The molecule has 2 heteroatoms. The van der Waals surface area contributed by atoms with Gasteiger partial charge in [-0.1, -0.05) is 13.8 Å². The van der Waals surface area contributed by atoms with Gasteiger partial charge in [-0.2, -0.15) is 0 Å². The molecule has 1 aliphatic heterocycles. The van der Waals surface area contributed by atoms with Crippen LogP contribution in [0.3, 0.4) is 0 Å². The van der Waals surface area contributed by atoms with Crippen LogP contribution in [0.25, 0.3) is 0 Å². The minimum Gasteiger partial charge on any atom is -0.358 e. The van der Waals surface area contributed by atoms with Gasteiger partial charge in [0.15, 0.2) is 0 Å². The Morgan fingerprint density at radius 2 is 2.33 bits per heavy atom. The molecule has 1 heterocycles. The zero-order valence-corrected chi connectivity index (χ0v) is 7.12. The third-order valence-electron chi connectivity index (χ3n) is 1.58. The summed E-state index contributed by atoms with van der Waals surface area (Å²) in [4.78, 5) is 0.190. The second-order valence-corrected chi connectivity index (χ2v) is 4.66. The number of epoxide rings is 1. The SMILES string of the molecule is CCC(C)SC1(C)CO1. The van der Waals surface area contributed by atoms with Crippen molar-refractivity contribution in [3.8, 4) is 0 Å². The van der Waals surface area contributed by atoms with Crippen molar-refractivity contribution in [2.45, 2.75) is 37.4 Å². The first-order valence-corrected chi connectivity index (χ1v) is 4.36. The maximum absolute atomic E-state index is 5.23. The molecule has 0 radical (unpaired) electrons. The van der Waals surface area contributed by atoms with Gasteiger partial charge < -0.3 is 4.74 Å². The van der Waals surface area contributed by atoms with Crippen molar-refractivity contribution in [2.24, 2.45) is 0 Å². The van der Waals surface area contributed by atoms with E-state index in [0.717, 1.165) is 11.9 Å². The Labute approximate surface area is 61.2 Å². The van der Waals surface area contributed by atoms with Crippen LogP contribution in [0.5, 0.6) is 0 Å². The standard InChI is InChI=1S/C7H14OS/c1-4-6(2)9-7(3)5-8-7/h6H,4-5H2,1-3H3. The summed E-state index contributed by atoms with van der Waals surface area (Å²) in [6.07, 6.45) is 1.24. The summed E-state index contributed by atoms with van der Waals surface area (Å²) >= 11 is 1.95. The number of rotatable bonds is 3. The molecule has 9 heavy (non-hydrogen) atoms. The first-order chi connectivity index (χ1) is 4.16. The maximum Gasteiger partial charge on any atom is 0.134 e. The lowest BCUT2D eigenvalue weighted by molar-refractivity contribution is 0.401. The van der Waals surface area contributed by atoms with Crippen molar-refractivity contribution in [3.05, 3.63) is 0 Å². The molecule has 1 aliphatic rings. The highest BCUT2D eigenvalue weighted by Crippen LogP contribution is 2.41. The summed E-state index contributed by atoms with van der Waals surface area (Å²) in [5, 5.41) is 0.748. The molecule has 0 spiro atoms. The van der Waals surface area contributed by atoms with Crippen molar-refractivity contribution in [3.63, 3.8) is 0 Å². The fourth-order valence-corrected chi connectivity index (χ4v) is 1.89.